The summed E-state index contributed by atoms with van der Waals surface area (Å²) in [5.74, 6) is 0.635. The molecule has 0 fully saturated rings. The van der Waals surface area contributed by atoms with Crippen molar-refractivity contribution in [2.75, 3.05) is 0 Å². The van der Waals surface area contributed by atoms with E-state index in [0.29, 0.717) is 5.75 Å². The Morgan fingerprint density at radius 2 is 1.12 bits per heavy atom. The summed E-state index contributed by atoms with van der Waals surface area (Å²) in [5.41, 5.74) is 2.47. The van der Waals surface area contributed by atoms with Crippen LogP contribution in [0, 0.1) is 0 Å². The fourth-order valence-electron chi connectivity index (χ4n) is 4.11. The van der Waals surface area contributed by atoms with Crippen molar-refractivity contribution in [1.29, 1.82) is 0 Å². The van der Waals surface area contributed by atoms with Crippen molar-refractivity contribution < 1.29 is 28.9 Å². The number of hydrogen-bond donors (Lipinski definition) is 0. The van der Waals surface area contributed by atoms with Crippen molar-refractivity contribution in [1.82, 2.24) is 0 Å². The van der Waals surface area contributed by atoms with Crippen LogP contribution >= 0.6 is 6.12 Å². The molecule has 0 saturated heterocycles. The first-order valence-corrected chi connectivity index (χ1v) is 16.4. The van der Waals surface area contributed by atoms with E-state index in [4.69, 9.17) is 29.0 Å². The Morgan fingerprint density at radius 1 is 0.688 bits per heavy atom. The molecule has 0 heterocycles. The van der Waals surface area contributed by atoms with Gasteiger partial charge in [-0.25, -0.2) is 0 Å². The second-order valence-corrected chi connectivity index (χ2v) is 13.6. The van der Waals surface area contributed by atoms with Gasteiger partial charge in [-0.15, -0.1) is 6.12 Å². The molecule has 1 aromatic rings. The van der Waals surface area contributed by atoms with E-state index in [-0.39, 0.29) is 19.5 Å². The molecule has 1 rings (SSSR count). The standard InChI is InChI=1S/C26H47O2PS2.Zn/c1-3-5-7-9-11-13-15-17-19-24-21-22-26(28-29(27,30)31)25(23-24)20-18-16-14-12-10-8-6-4-2;/h21-23H,3-20H2,1-2H3,(H2,27,30,31);/q;+2/p-2. The summed E-state index contributed by atoms with van der Waals surface area (Å²) < 4.78 is 5.49. The molecule has 2 nitrogen and oxygen atoms in total. The topological polar surface area (TPSA) is 32.3 Å². The van der Waals surface area contributed by atoms with Gasteiger partial charge in [-0.1, -0.05) is 116 Å². The predicted molar refractivity (Wildman–Crippen MR) is 141 cm³/mol. The van der Waals surface area contributed by atoms with Crippen LogP contribution in [0.3, 0.4) is 0 Å². The molecule has 0 aliphatic rings. The minimum absolute atomic E-state index is 0. The normalized spacial score (nSPS) is 11.4. The minimum atomic E-state index is -3.37. The number of rotatable bonds is 20. The molecule has 6 heteroatoms. The third-order valence-corrected chi connectivity index (χ3v) is 6.82. The van der Waals surface area contributed by atoms with Crippen LogP contribution in [-0.4, -0.2) is 0 Å². The van der Waals surface area contributed by atoms with Crippen LogP contribution in [0.1, 0.15) is 128 Å². The molecular formula is C26H45O2PS2Zn. The van der Waals surface area contributed by atoms with E-state index in [0.717, 1.165) is 24.8 Å². The third kappa shape index (κ3) is 18.1. The van der Waals surface area contributed by atoms with Crippen molar-refractivity contribution in [3.05, 3.63) is 29.3 Å². The van der Waals surface area contributed by atoms with Crippen LogP contribution in [-0.2, 0) is 56.8 Å². The summed E-state index contributed by atoms with van der Waals surface area (Å²) in [6, 6.07) is 6.26. The summed E-state index contributed by atoms with van der Waals surface area (Å²) in [4.78, 5) is 11.9. The Labute approximate surface area is 223 Å². The van der Waals surface area contributed by atoms with Crippen LogP contribution in [0.25, 0.3) is 0 Å². The van der Waals surface area contributed by atoms with Gasteiger partial charge in [0.15, 0.2) is 5.75 Å². The first-order valence-electron chi connectivity index (χ1n) is 12.8. The maximum atomic E-state index is 11.9. The average Bonchev–Trinajstić information content (AvgIpc) is 2.72. The molecule has 0 aliphatic heterocycles. The number of unbranched alkanes of at least 4 members (excludes halogenated alkanes) is 14. The van der Waals surface area contributed by atoms with Crippen molar-refractivity contribution in [3.8, 4) is 5.75 Å². The summed E-state index contributed by atoms with van der Waals surface area (Å²) in [7, 11) is 0. The molecule has 0 aliphatic carbocycles. The van der Waals surface area contributed by atoms with Gasteiger partial charge in [0.2, 0.25) is 0 Å². The SMILES string of the molecule is CCCCCCCCCCc1ccc(O[P+]([O-])([S-])[S-])c(CCCCCCCCCC)c1.[Zn+2]. The number of benzene rings is 1. The molecule has 0 amide bonds. The van der Waals surface area contributed by atoms with Gasteiger partial charge < -0.3 is 33.9 Å². The molecule has 0 aromatic heterocycles. The fraction of sp³-hybridized carbons (Fsp3) is 0.769. The van der Waals surface area contributed by atoms with Gasteiger partial charge in [-0.3, -0.25) is 0 Å². The zero-order valence-corrected chi connectivity index (χ0v) is 26.2. The summed E-state index contributed by atoms with van der Waals surface area (Å²) in [6.45, 7) is 4.52. The van der Waals surface area contributed by atoms with E-state index in [1.807, 2.05) is 6.07 Å². The molecule has 0 atom stereocenters. The van der Waals surface area contributed by atoms with Crippen LogP contribution in [0.15, 0.2) is 18.2 Å². The second kappa shape index (κ2) is 21.1. The molecule has 0 N–H and O–H groups in total. The van der Waals surface area contributed by atoms with Gasteiger partial charge in [0.05, 0.1) is 0 Å². The van der Waals surface area contributed by atoms with Crippen LogP contribution in [0.2, 0.25) is 0 Å². The minimum Gasteiger partial charge on any atom is -0.682 e. The Bertz CT molecular complexity index is 567. The van der Waals surface area contributed by atoms with E-state index in [1.54, 1.807) is 0 Å². The Hall–Kier alpha value is 0.733. The Kier molecular flexibility index (Phi) is 21.5. The van der Waals surface area contributed by atoms with Gasteiger partial charge in [0, 0.05) is 0 Å². The quantitative estimate of drug-likeness (QED) is 0.0705. The van der Waals surface area contributed by atoms with Crippen molar-refractivity contribution in [2.24, 2.45) is 0 Å². The smallest absolute Gasteiger partial charge is 0.682 e. The first-order chi connectivity index (χ1) is 15.0. The van der Waals surface area contributed by atoms with Gasteiger partial charge >= 0.3 is 19.5 Å². The molecule has 0 bridgehead atoms. The largest absolute Gasteiger partial charge is 2.00 e. The maximum absolute atomic E-state index is 11.9. The van der Waals surface area contributed by atoms with Crippen molar-refractivity contribution in [2.45, 2.75) is 129 Å². The molecule has 0 radical (unpaired) electrons. The summed E-state index contributed by atoms with van der Waals surface area (Å²) in [6.07, 6.45) is 19.7. The van der Waals surface area contributed by atoms with Crippen molar-refractivity contribution >= 4 is 30.6 Å². The molecule has 1 aromatic carbocycles. The Balaban J connectivity index is 0.00000961. The fourth-order valence-corrected chi connectivity index (χ4v) is 5.01. The third-order valence-electron chi connectivity index (χ3n) is 5.95. The predicted octanol–water partition coefficient (Wildman–Crippen LogP) is 8.56. The Morgan fingerprint density at radius 3 is 1.59 bits per heavy atom. The molecule has 0 spiro atoms. The van der Waals surface area contributed by atoms with Gasteiger partial charge in [-0.05, 0) is 42.9 Å². The van der Waals surface area contributed by atoms with Crippen LogP contribution < -0.4 is 9.42 Å². The van der Waals surface area contributed by atoms with Crippen LogP contribution in [0.5, 0.6) is 5.75 Å². The maximum Gasteiger partial charge on any atom is 2.00 e. The summed E-state index contributed by atoms with van der Waals surface area (Å²) >= 11 is 9.70. The second-order valence-electron chi connectivity index (χ2n) is 8.93. The van der Waals surface area contributed by atoms with E-state index >= 15 is 0 Å². The molecule has 32 heavy (non-hydrogen) atoms. The molecular weight excluding hydrogens is 505 g/mol. The van der Waals surface area contributed by atoms with E-state index in [2.05, 4.69) is 26.0 Å². The van der Waals surface area contributed by atoms with E-state index in [9.17, 15) is 4.89 Å². The first kappa shape index (κ1) is 32.7. The van der Waals surface area contributed by atoms with Gasteiger partial charge in [0.25, 0.3) is 0 Å². The molecule has 180 valence electrons. The van der Waals surface area contributed by atoms with Crippen LogP contribution in [0.4, 0.5) is 0 Å². The molecule has 0 unspecified atom stereocenters. The number of hydrogen-bond acceptors (Lipinski definition) is 4. The molecule has 0 saturated carbocycles. The van der Waals surface area contributed by atoms with Crippen molar-refractivity contribution in [3.63, 3.8) is 0 Å². The monoisotopic (exact) mass is 548 g/mol. The van der Waals surface area contributed by atoms with Gasteiger partial charge in [0.1, 0.15) is 0 Å². The van der Waals surface area contributed by atoms with Gasteiger partial charge in [-0.2, -0.15) is 0 Å². The van der Waals surface area contributed by atoms with E-state index < -0.39 is 6.12 Å². The number of aryl methyl sites for hydroxylation is 2. The van der Waals surface area contributed by atoms with E-state index in [1.165, 1.54) is 102 Å². The average molecular weight is 550 g/mol. The summed E-state index contributed by atoms with van der Waals surface area (Å²) in [5, 5.41) is 0. The zero-order chi connectivity index (χ0) is 22.8. The zero-order valence-electron chi connectivity index (χ0n) is 20.7.